The van der Waals surface area contributed by atoms with Crippen molar-refractivity contribution in [2.75, 3.05) is 4.90 Å². The molecule has 0 heterocycles. The van der Waals surface area contributed by atoms with Crippen LogP contribution in [-0.4, -0.2) is 0 Å². The lowest BCUT2D eigenvalue weighted by Gasteiger charge is -2.26. The van der Waals surface area contributed by atoms with Crippen LogP contribution in [0.25, 0.3) is 44.2 Å². The average molecular weight is 532 g/mol. The van der Waals surface area contributed by atoms with Crippen LogP contribution in [0.4, 0.5) is 17.1 Å². The molecule has 0 fully saturated rings. The van der Waals surface area contributed by atoms with E-state index in [9.17, 15) is 6.85 Å². The first-order chi connectivity index (χ1) is 23.7. The first-order valence-electron chi connectivity index (χ1n) is 17.4. The second-order valence-corrected chi connectivity index (χ2v) is 9.59. The molecular formula is C40H29N. The van der Waals surface area contributed by atoms with Crippen molar-refractivity contribution in [3.8, 4) is 33.4 Å². The first-order valence-corrected chi connectivity index (χ1v) is 13.4. The Labute approximate surface area is 252 Å². The van der Waals surface area contributed by atoms with E-state index in [1.165, 1.54) is 4.90 Å². The summed E-state index contributed by atoms with van der Waals surface area (Å²) >= 11 is 0. The summed E-state index contributed by atoms with van der Waals surface area (Å²) < 4.78 is 73.3. The Morgan fingerprint density at radius 2 is 1.05 bits per heavy atom. The van der Waals surface area contributed by atoms with E-state index in [-0.39, 0.29) is 58.8 Å². The van der Waals surface area contributed by atoms with Crippen LogP contribution in [-0.2, 0) is 0 Å². The molecule has 41 heavy (non-hydrogen) atoms. The maximum absolute atomic E-state index is 9.52. The minimum Gasteiger partial charge on any atom is -0.310 e. The van der Waals surface area contributed by atoms with Crippen LogP contribution in [0.2, 0.25) is 0 Å². The number of hydrogen-bond acceptors (Lipinski definition) is 1. The lowest BCUT2D eigenvalue weighted by atomic mass is 9.97. The van der Waals surface area contributed by atoms with E-state index in [0.717, 1.165) is 21.9 Å². The van der Waals surface area contributed by atoms with Crippen LogP contribution in [0.5, 0.6) is 0 Å². The topological polar surface area (TPSA) is 3.24 Å². The summed E-state index contributed by atoms with van der Waals surface area (Å²) in [6.07, 6.45) is 0. The fraction of sp³-hybridized carbons (Fsp3) is 0. The zero-order valence-corrected chi connectivity index (χ0v) is 22.1. The van der Waals surface area contributed by atoms with Gasteiger partial charge in [-0.05, 0) is 86.5 Å². The fourth-order valence-electron chi connectivity index (χ4n) is 5.02. The molecule has 0 N–H and O–H groups in total. The Morgan fingerprint density at radius 1 is 0.415 bits per heavy atom. The summed E-state index contributed by atoms with van der Waals surface area (Å²) in [5.41, 5.74) is 3.24. The Hall–Kier alpha value is -5.40. The zero-order chi connectivity index (χ0) is 34.4. The Bertz CT molecular complexity index is 2340. The minimum atomic E-state index is -0.431. The van der Waals surface area contributed by atoms with Gasteiger partial charge >= 0.3 is 0 Å². The van der Waals surface area contributed by atoms with Crippen LogP contribution < -0.4 is 4.90 Å². The van der Waals surface area contributed by atoms with Crippen LogP contribution in [0.15, 0.2) is 176 Å². The van der Waals surface area contributed by atoms with E-state index in [1.807, 2.05) is 84.9 Å². The molecule has 0 atom stereocenters. The van der Waals surface area contributed by atoms with Gasteiger partial charge in [0.05, 0.1) is 11.0 Å². The summed E-state index contributed by atoms with van der Waals surface area (Å²) in [4.78, 5) is 1.36. The molecule has 0 radical (unpaired) electrons. The molecule has 1 heteroatoms. The third-order valence-corrected chi connectivity index (χ3v) is 7.00. The monoisotopic (exact) mass is 531 g/mol. The van der Waals surface area contributed by atoms with Gasteiger partial charge in [-0.25, -0.2) is 0 Å². The van der Waals surface area contributed by atoms with Crippen molar-refractivity contribution in [2.24, 2.45) is 0 Å². The van der Waals surface area contributed by atoms with Gasteiger partial charge in [0.1, 0.15) is 0 Å². The molecule has 7 rings (SSSR count). The van der Waals surface area contributed by atoms with Crippen molar-refractivity contribution in [1.29, 1.82) is 0 Å². The van der Waals surface area contributed by atoms with Crippen LogP contribution in [0.1, 0.15) is 11.0 Å². The SMILES string of the molecule is [2H]c1c([2H])c(-c2cccc3ccccc23)c([2H])c(N(c2ccccc2)c2c([2H])c([2H])c(-c3cccc(-c4ccccc4)c3)c([2H])c2[2H])c1[2H]. The van der Waals surface area contributed by atoms with E-state index >= 15 is 0 Å². The molecule has 0 amide bonds. The van der Waals surface area contributed by atoms with Crippen molar-refractivity contribution >= 4 is 27.8 Å². The predicted octanol–water partition coefficient (Wildman–Crippen LogP) is 11.3. The molecule has 0 saturated carbocycles. The third kappa shape index (κ3) is 5.02. The number of para-hydroxylation sites is 1. The van der Waals surface area contributed by atoms with E-state index in [4.69, 9.17) is 4.11 Å². The third-order valence-electron chi connectivity index (χ3n) is 7.00. The molecule has 1 nitrogen and oxygen atoms in total. The Morgan fingerprint density at radius 3 is 1.85 bits per heavy atom. The first kappa shape index (κ1) is 17.3. The zero-order valence-electron chi connectivity index (χ0n) is 30.1. The highest BCUT2D eigenvalue weighted by molar-refractivity contribution is 5.97. The van der Waals surface area contributed by atoms with Gasteiger partial charge in [-0.15, -0.1) is 0 Å². The second kappa shape index (κ2) is 11.0. The highest BCUT2D eigenvalue weighted by Gasteiger charge is 2.14. The van der Waals surface area contributed by atoms with Gasteiger partial charge in [0.15, 0.2) is 0 Å². The Balaban J connectivity index is 1.50. The standard InChI is InChI=1S/C40H29N/c1-3-12-30(13-4-1)33-16-9-17-34(28-33)31-24-26-37(27-25-31)41(36-19-5-2-6-20-36)38-21-10-18-35(29-38)40-23-11-15-32-14-7-8-22-39(32)40/h1-29H/i10D,18D,21D,24D,25D,26D,27D,29D. The number of rotatable bonds is 6. The summed E-state index contributed by atoms with van der Waals surface area (Å²) in [6, 6.07) is 36.1. The summed E-state index contributed by atoms with van der Waals surface area (Å²) in [5, 5.41) is 1.65. The lowest BCUT2D eigenvalue weighted by Crippen LogP contribution is -2.09. The molecule has 0 bridgehead atoms. The largest absolute Gasteiger partial charge is 0.310 e. The average Bonchev–Trinajstić information content (AvgIpc) is 3.13. The number of fused-ring (bicyclic) bond motifs is 1. The molecule has 0 aliphatic heterocycles. The molecule has 0 aromatic heterocycles. The molecule has 0 aliphatic rings. The van der Waals surface area contributed by atoms with E-state index in [2.05, 4.69) is 0 Å². The van der Waals surface area contributed by atoms with Crippen molar-refractivity contribution in [1.82, 2.24) is 0 Å². The molecule has 7 aromatic rings. The molecule has 0 aliphatic carbocycles. The number of benzene rings is 7. The summed E-state index contributed by atoms with van der Waals surface area (Å²) in [6.45, 7) is 0. The maximum atomic E-state index is 9.52. The van der Waals surface area contributed by atoms with E-state index in [0.29, 0.717) is 16.8 Å². The molecule has 7 aromatic carbocycles. The molecule has 0 spiro atoms. The minimum absolute atomic E-state index is 0.116. The van der Waals surface area contributed by atoms with Crippen molar-refractivity contribution < 1.29 is 11.0 Å². The van der Waals surface area contributed by atoms with Gasteiger partial charge in [0, 0.05) is 17.1 Å². The van der Waals surface area contributed by atoms with Crippen LogP contribution >= 0.6 is 0 Å². The van der Waals surface area contributed by atoms with Gasteiger partial charge in [-0.3, -0.25) is 0 Å². The number of hydrogen-bond donors (Lipinski definition) is 0. The van der Waals surface area contributed by atoms with E-state index in [1.54, 1.807) is 42.5 Å². The molecule has 0 saturated heterocycles. The van der Waals surface area contributed by atoms with Gasteiger partial charge in [-0.1, -0.05) is 133 Å². The summed E-state index contributed by atoms with van der Waals surface area (Å²) in [5.74, 6) is 0. The molecule has 194 valence electrons. The number of anilines is 3. The van der Waals surface area contributed by atoms with Gasteiger partial charge in [0.2, 0.25) is 0 Å². The van der Waals surface area contributed by atoms with Gasteiger partial charge in [0.25, 0.3) is 0 Å². The smallest absolute Gasteiger partial charge is 0.0651 e. The summed E-state index contributed by atoms with van der Waals surface area (Å²) in [7, 11) is 0. The maximum Gasteiger partial charge on any atom is 0.0651 e. The molecular weight excluding hydrogens is 494 g/mol. The lowest BCUT2D eigenvalue weighted by molar-refractivity contribution is 1.28. The highest BCUT2D eigenvalue weighted by atomic mass is 15.1. The molecule has 0 unspecified atom stereocenters. The normalized spacial score (nSPS) is 13.7. The second-order valence-electron chi connectivity index (χ2n) is 9.59. The Kier molecular flexibility index (Phi) is 4.65. The predicted molar refractivity (Wildman–Crippen MR) is 175 cm³/mol. The van der Waals surface area contributed by atoms with E-state index < -0.39 is 12.1 Å². The van der Waals surface area contributed by atoms with Crippen LogP contribution in [0, 0.1) is 0 Å². The van der Waals surface area contributed by atoms with Gasteiger partial charge in [-0.2, -0.15) is 0 Å². The highest BCUT2D eigenvalue weighted by Crippen LogP contribution is 2.38. The number of nitrogens with zero attached hydrogens (tertiary/aromatic N) is 1. The van der Waals surface area contributed by atoms with Gasteiger partial charge < -0.3 is 4.90 Å². The fourth-order valence-corrected chi connectivity index (χ4v) is 5.02. The van der Waals surface area contributed by atoms with Crippen molar-refractivity contribution in [3.05, 3.63) is 176 Å². The quantitative estimate of drug-likeness (QED) is 0.206. The van der Waals surface area contributed by atoms with Crippen molar-refractivity contribution in [3.63, 3.8) is 0 Å². The van der Waals surface area contributed by atoms with Crippen molar-refractivity contribution in [2.45, 2.75) is 0 Å². The van der Waals surface area contributed by atoms with Crippen LogP contribution in [0.3, 0.4) is 0 Å².